The molecule has 0 aromatic rings. The Kier molecular flexibility index (Phi) is 4.66. The molecular weight excluding hydrogens is 272 g/mol. The fourth-order valence-electron chi connectivity index (χ4n) is 3.74. The molecular formula is C15H24N2O4. The summed E-state index contributed by atoms with van der Waals surface area (Å²) < 4.78 is 0. The quantitative estimate of drug-likeness (QED) is 0.751. The van der Waals surface area contributed by atoms with Crippen LogP contribution in [-0.4, -0.2) is 52.3 Å². The van der Waals surface area contributed by atoms with Gasteiger partial charge in [-0.15, -0.1) is 0 Å². The second-order valence-electron chi connectivity index (χ2n) is 6.55. The Morgan fingerprint density at radius 1 is 1.29 bits per heavy atom. The summed E-state index contributed by atoms with van der Waals surface area (Å²) in [6.45, 7) is 5.46. The van der Waals surface area contributed by atoms with Gasteiger partial charge in [0.2, 0.25) is 5.91 Å². The number of carbonyl (C=O) groups excluding carboxylic acids is 2. The molecule has 2 heterocycles. The minimum atomic E-state index is -0.767. The molecule has 0 aliphatic carbocycles. The van der Waals surface area contributed by atoms with Crippen LogP contribution in [0.2, 0.25) is 0 Å². The summed E-state index contributed by atoms with van der Waals surface area (Å²) in [7, 11) is 0. The van der Waals surface area contributed by atoms with Crippen LogP contribution in [0.25, 0.3) is 0 Å². The number of aliphatic carboxylic acids is 1. The first kappa shape index (κ1) is 15.9. The molecule has 4 unspecified atom stereocenters. The van der Waals surface area contributed by atoms with E-state index in [1.165, 1.54) is 6.92 Å². The number of carbonyl (C=O) groups is 3. The van der Waals surface area contributed by atoms with Crippen molar-refractivity contribution in [1.29, 1.82) is 0 Å². The lowest BCUT2D eigenvalue weighted by molar-refractivity contribution is -0.143. The van der Waals surface area contributed by atoms with Gasteiger partial charge >= 0.3 is 5.97 Å². The van der Waals surface area contributed by atoms with E-state index in [-0.39, 0.29) is 42.2 Å². The van der Waals surface area contributed by atoms with Gasteiger partial charge in [0.05, 0.1) is 18.5 Å². The first-order chi connectivity index (χ1) is 9.81. The van der Waals surface area contributed by atoms with E-state index in [0.29, 0.717) is 6.42 Å². The number of nitrogens with one attached hydrogen (secondary N) is 1. The van der Waals surface area contributed by atoms with E-state index in [1.54, 1.807) is 0 Å². The molecule has 21 heavy (non-hydrogen) atoms. The Bertz CT molecular complexity index is 449. The van der Waals surface area contributed by atoms with Gasteiger partial charge in [-0.1, -0.05) is 13.8 Å². The minimum absolute atomic E-state index is 0.0342. The van der Waals surface area contributed by atoms with E-state index in [4.69, 9.17) is 0 Å². The molecule has 2 bridgehead atoms. The smallest absolute Gasteiger partial charge is 0.308 e. The molecule has 2 aliphatic rings. The SMILES string of the molecule is CC(=O)C(NC(=O)CN1C2CCC1C(C(=O)O)C2)C(C)C. The molecule has 0 spiro atoms. The van der Waals surface area contributed by atoms with Crippen LogP contribution in [-0.2, 0) is 14.4 Å². The third-order valence-corrected chi connectivity index (χ3v) is 4.75. The summed E-state index contributed by atoms with van der Waals surface area (Å²) in [6.07, 6.45) is 2.44. The molecule has 2 fully saturated rings. The maximum absolute atomic E-state index is 12.2. The molecule has 0 aromatic heterocycles. The predicted octanol–water partition coefficient (Wildman–Crippen LogP) is 0.654. The van der Waals surface area contributed by atoms with Gasteiger partial charge in [-0.3, -0.25) is 19.3 Å². The van der Waals surface area contributed by atoms with Gasteiger partial charge in [0, 0.05) is 12.1 Å². The first-order valence-corrected chi connectivity index (χ1v) is 7.59. The highest BCUT2D eigenvalue weighted by Crippen LogP contribution is 2.41. The molecule has 2 saturated heterocycles. The third-order valence-electron chi connectivity index (χ3n) is 4.75. The largest absolute Gasteiger partial charge is 0.481 e. The second-order valence-corrected chi connectivity index (χ2v) is 6.55. The van der Waals surface area contributed by atoms with Crippen molar-refractivity contribution in [1.82, 2.24) is 10.2 Å². The second kappa shape index (κ2) is 6.13. The predicted molar refractivity (Wildman–Crippen MR) is 76.7 cm³/mol. The molecule has 2 aliphatic heterocycles. The molecule has 0 saturated carbocycles. The van der Waals surface area contributed by atoms with E-state index >= 15 is 0 Å². The number of fused-ring (bicyclic) bond motifs is 2. The van der Waals surface area contributed by atoms with Gasteiger partial charge in [-0.05, 0) is 32.1 Å². The van der Waals surface area contributed by atoms with Crippen LogP contribution in [0.3, 0.4) is 0 Å². The van der Waals surface area contributed by atoms with Gasteiger partial charge < -0.3 is 10.4 Å². The van der Waals surface area contributed by atoms with Crippen molar-refractivity contribution in [2.24, 2.45) is 11.8 Å². The number of hydrogen-bond acceptors (Lipinski definition) is 4. The number of ketones is 1. The number of carboxylic acids is 1. The van der Waals surface area contributed by atoms with Gasteiger partial charge in [0.25, 0.3) is 0 Å². The molecule has 4 atom stereocenters. The number of carboxylic acid groups (broad SMARTS) is 1. The van der Waals surface area contributed by atoms with Crippen LogP contribution in [0, 0.1) is 11.8 Å². The van der Waals surface area contributed by atoms with Crippen molar-refractivity contribution in [2.75, 3.05) is 6.54 Å². The van der Waals surface area contributed by atoms with Crippen molar-refractivity contribution in [2.45, 2.75) is 58.2 Å². The molecule has 6 heteroatoms. The minimum Gasteiger partial charge on any atom is -0.481 e. The average molecular weight is 296 g/mol. The maximum Gasteiger partial charge on any atom is 0.308 e. The Morgan fingerprint density at radius 3 is 2.43 bits per heavy atom. The van der Waals surface area contributed by atoms with E-state index in [2.05, 4.69) is 5.32 Å². The molecule has 118 valence electrons. The summed E-state index contributed by atoms with van der Waals surface area (Å²) >= 11 is 0. The molecule has 2 N–H and O–H groups in total. The number of Topliss-reactive ketones (excluding diaryl/α,β-unsaturated/α-hetero) is 1. The summed E-state index contributed by atoms with van der Waals surface area (Å²) in [6, 6.07) is -0.308. The molecule has 2 rings (SSSR count). The Hall–Kier alpha value is -1.43. The Morgan fingerprint density at radius 2 is 1.95 bits per heavy atom. The summed E-state index contributed by atoms with van der Waals surface area (Å²) in [4.78, 5) is 36.9. The Labute approximate surface area is 124 Å². The van der Waals surface area contributed by atoms with Gasteiger partial charge in [-0.25, -0.2) is 0 Å². The van der Waals surface area contributed by atoms with Crippen molar-refractivity contribution in [3.63, 3.8) is 0 Å². The van der Waals surface area contributed by atoms with Crippen LogP contribution < -0.4 is 5.32 Å². The van der Waals surface area contributed by atoms with Crippen molar-refractivity contribution < 1.29 is 19.5 Å². The van der Waals surface area contributed by atoms with Crippen molar-refractivity contribution in [3.8, 4) is 0 Å². The third kappa shape index (κ3) is 3.26. The summed E-state index contributed by atoms with van der Waals surface area (Å²) in [5, 5.41) is 12.0. The normalized spacial score (nSPS) is 29.6. The lowest BCUT2D eigenvalue weighted by atomic mass is 9.89. The molecule has 6 nitrogen and oxygen atoms in total. The van der Waals surface area contributed by atoms with Crippen LogP contribution in [0.4, 0.5) is 0 Å². The monoisotopic (exact) mass is 296 g/mol. The lowest BCUT2D eigenvalue weighted by Crippen LogP contribution is -2.48. The van der Waals surface area contributed by atoms with Crippen LogP contribution in [0.5, 0.6) is 0 Å². The van der Waals surface area contributed by atoms with E-state index in [9.17, 15) is 19.5 Å². The van der Waals surface area contributed by atoms with Crippen molar-refractivity contribution >= 4 is 17.7 Å². The molecule has 0 aromatic carbocycles. The van der Waals surface area contributed by atoms with Gasteiger partial charge in [-0.2, -0.15) is 0 Å². The zero-order chi connectivity index (χ0) is 15.7. The van der Waals surface area contributed by atoms with Gasteiger partial charge in [0.15, 0.2) is 5.78 Å². The number of nitrogens with zero attached hydrogens (tertiary/aromatic N) is 1. The number of rotatable bonds is 6. The summed E-state index contributed by atoms with van der Waals surface area (Å²) in [5.74, 6) is -1.31. The van der Waals surface area contributed by atoms with Crippen LogP contribution in [0.1, 0.15) is 40.0 Å². The highest BCUT2D eigenvalue weighted by molar-refractivity contribution is 5.88. The van der Waals surface area contributed by atoms with Crippen molar-refractivity contribution in [3.05, 3.63) is 0 Å². The van der Waals surface area contributed by atoms with E-state index < -0.39 is 12.0 Å². The topological polar surface area (TPSA) is 86.7 Å². The summed E-state index contributed by atoms with van der Waals surface area (Å²) in [5.41, 5.74) is 0. The average Bonchev–Trinajstić information content (AvgIpc) is 2.92. The lowest BCUT2D eigenvalue weighted by Gasteiger charge is -2.25. The molecule has 1 amide bonds. The van der Waals surface area contributed by atoms with E-state index in [1.807, 2.05) is 18.7 Å². The highest BCUT2D eigenvalue weighted by Gasteiger charge is 2.49. The highest BCUT2D eigenvalue weighted by atomic mass is 16.4. The fourth-order valence-corrected chi connectivity index (χ4v) is 3.74. The standard InChI is InChI=1S/C15H24N2O4/c1-8(2)14(9(3)18)16-13(19)7-17-10-4-5-12(17)11(6-10)15(20)21/h8,10-12,14H,4-7H2,1-3H3,(H,16,19)(H,20,21). The van der Waals surface area contributed by atoms with E-state index in [0.717, 1.165) is 12.8 Å². The number of hydrogen-bond donors (Lipinski definition) is 2. The first-order valence-electron chi connectivity index (χ1n) is 7.59. The van der Waals surface area contributed by atoms with Crippen LogP contribution in [0.15, 0.2) is 0 Å². The zero-order valence-corrected chi connectivity index (χ0v) is 12.8. The van der Waals surface area contributed by atoms with Gasteiger partial charge in [0.1, 0.15) is 0 Å². The number of amides is 1. The Balaban J connectivity index is 1.95. The van der Waals surface area contributed by atoms with Crippen LogP contribution >= 0.6 is 0 Å². The zero-order valence-electron chi connectivity index (χ0n) is 12.8. The fraction of sp³-hybridized carbons (Fsp3) is 0.800. The molecule has 0 radical (unpaired) electrons. The maximum atomic E-state index is 12.2.